The second-order valence-electron chi connectivity index (χ2n) is 2.47. The molecule has 1 saturated heterocycles. The smallest absolute Gasteiger partial charge is 0.166 e. The zero-order valence-electron chi connectivity index (χ0n) is 6.18. The van der Waals surface area contributed by atoms with Crippen LogP contribution < -0.4 is 10.6 Å². The minimum Gasteiger partial charge on any atom is -0.382 e. The van der Waals surface area contributed by atoms with Crippen molar-refractivity contribution in [2.45, 2.75) is 19.0 Å². The molecule has 4 heteroatoms. The molecule has 0 aliphatic carbocycles. The zero-order valence-corrected chi connectivity index (χ0v) is 6.99. The Hall–Kier alpha value is -0.350. The molecule has 0 bridgehead atoms. The van der Waals surface area contributed by atoms with Crippen LogP contribution in [0.15, 0.2) is 0 Å². The van der Waals surface area contributed by atoms with E-state index in [1.807, 2.05) is 0 Å². The van der Waals surface area contributed by atoms with Crippen molar-refractivity contribution >= 4 is 17.3 Å². The first-order chi connectivity index (χ1) is 4.74. The highest BCUT2D eigenvalue weighted by molar-refractivity contribution is 7.80. The van der Waals surface area contributed by atoms with Gasteiger partial charge in [0.25, 0.3) is 0 Å². The molecular formula is C6H12N2OS. The van der Waals surface area contributed by atoms with Crippen LogP contribution in [0.25, 0.3) is 0 Å². The maximum absolute atomic E-state index is 4.98. The van der Waals surface area contributed by atoms with E-state index in [-0.39, 0.29) is 0 Å². The van der Waals surface area contributed by atoms with Crippen LogP contribution in [0.3, 0.4) is 0 Å². The summed E-state index contributed by atoms with van der Waals surface area (Å²) in [5.74, 6) is 0. The molecule has 0 spiro atoms. The third-order valence-electron chi connectivity index (χ3n) is 1.63. The molecule has 3 nitrogen and oxygen atoms in total. The summed E-state index contributed by atoms with van der Waals surface area (Å²) in [5.41, 5.74) is 0. The number of methoxy groups -OCH3 is 1. The van der Waals surface area contributed by atoms with Crippen LogP contribution in [0, 0.1) is 0 Å². The summed E-state index contributed by atoms with van der Waals surface area (Å²) < 4.78 is 4.98. The standard InChI is InChI=1S/C6H12N2OS/c1-4-5(3-9-2)8-6(10)7-4/h4-5H,3H2,1-2H3,(H2,7,8,10)/t4-,5+/m0/s1. The number of rotatable bonds is 2. The van der Waals surface area contributed by atoms with Crippen molar-refractivity contribution in [2.24, 2.45) is 0 Å². The lowest BCUT2D eigenvalue weighted by molar-refractivity contribution is 0.170. The molecule has 1 heterocycles. The van der Waals surface area contributed by atoms with Crippen LogP contribution in [0.4, 0.5) is 0 Å². The van der Waals surface area contributed by atoms with Gasteiger partial charge in [-0.05, 0) is 19.1 Å². The van der Waals surface area contributed by atoms with Gasteiger partial charge in [-0.3, -0.25) is 0 Å². The Bertz CT molecular complexity index is 140. The molecule has 0 amide bonds. The van der Waals surface area contributed by atoms with E-state index in [1.54, 1.807) is 7.11 Å². The molecular weight excluding hydrogens is 148 g/mol. The molecule has 2 atom stereocenters. The lowest BCUT2D eigenvalue weighted by atomic mass is 10.2. The van der Waals surface area contributed by atoms with Crippen molar-refractivity contribution < 1.29 is 4.74 Å². The Morgan fingerprint density at radius 3 is 2.70 bits per heavy atom. The van der Waals surface area contributed by atoms with Crippen molar-refractivity contribution in [3.63, 3.8) is 0 Å². The van der Waals surface area contributed by atoms with Gasteiger partial charge < -0.3 is 15.4 Å². The monoisotopic (exact) mass is 160 g/mol. The fraction of sp³-hybridized carbons (Fsp3) is 0.833. The van der Waals surface area contributed by atoms with Gasteiger partial charge in [0.1, 0.15) is 0 Å². The van der Waals surface area contributed by atoms with Gasteiger partial charge in [-0.2, -0.15) is 0 Å². The molecule has 1 fully saturated rings. The molecule has 1 rings (SSSR count). The number of thiocarbonyl (C=S) groups is 1. The van der Waals surface area contributed by atoms with Crippen LogP contribution >= 0.6 is 12.2 Å². The summed E-state index contributed by atoms with van der Waals surface area (Å²) in [6.07, 6.45) is 0. The van der Waals surface area contributed by atoms with Crippen molar-refractivity contribution in [1.29, 1.82) is 0 Å². The van der Waals surface area contributed by atoms with E-state index >= 15 is 0 Å². The SMILES string of the molecule is COC[C@H]1NC(=S)N[C@H]1C. The van der Waals surface area contributed by atoms with Gasteiger partial charge in [0.2, 0.25) is 0 Å². The third-order valence-corrected chi connectivity index (χ3v) is 1.86. The van der Waals surface area contributed by atoms with Crippen molar-refractivity contribution in [1.82, 2.24) is 10.6 Å². The minimum atomic E-state index is 0.331. The van der Waals surface area contributed by atoms with Crippen LogP contribution in [-0.2, 0) is 4.74 Å². The molecule has 2 N–H and O–H groups in total. The summed E-state index contributed by atoms with van der Waals surface area (Å²) in [4.78, 5) is 0. The number of hydrogen-bond acceptors (Lipinski definition) is 2. The average molecular weight is 160 g/mol. The predicted molar refractivity (Wildman–Crippen MR) is 44.0 cm³/mol. The number of hydrogen-bond donors (Lipinski definition) is 2. The van der Waals surface area contributed by atoms with Crippen LogP contribution in [0.2, 0.25) is 0 Å². The fourth-order valence-electron chi connectivity index (χ4n) is 1.01. The topological polar surface area (TPSA) is 33.3 Å². The van der Waals surface area contributed by atoms with Crippen LogP contribution in [0.1, 0.15) is 6.92 Å². The van der Waals surface area contributed by atoms with Gasteiger partial charge in [0, 0.05) is 13.2 Å². The highest BCUT2D eigenvalue weighted by Crippen LogP contribution is 2.00. The van der Waals surface area contributed by atoms with Gasteiger partial charge in [0.15, 0.2) is 5.11 Å². The Morgan fingerprint density at radius 2 is 2.30 bits per heavy atom. The molecule has 58 valence electrons. The van der Waals surface area contributed by atoms with E-state index in [0.29, 0.717) is 18.7 Å². The molecule has 1 aliphatic heterocycles. The van der Waals surface area contributed by atoms with Crippen molar-refractivity contribution in [2.75, 3.05) is 13.7 Å². The number of nitrogens with one attached hydrogen (secondary N) is 2. The summed E-state index contributed by atoms with van der Waals surface area (Å²) in [6.45, 7) is 2.78. The van der Waals surface area contributed by atoms with Gasteiger partial charge in [-0.25, -0.2) is 0 Å². The summed E-state index contributed by atoms with van der Waals surface area (Å²) >= 11 is 4.91. The first-order valence-corrected chi connectivity index (χ1v) is 3.71. The first-order valence-electron chi connectivity index (χ1n) is 3.30. The largest absolute Gasteiger partial charge is 0.382 e. The van der Waals surface area contributed by atoms with Crippen molar-refractivity contribution in [3.05, 3.63) is 0 Å². The number of ether oxygens (including phenoxy) is 1. The summed E-state index contributed by atoms with van der Waals surface area (Å²) in [7, 11) is 1.69. The Balaban J connectivity index is 2.38. The third kappa shape index (κ3) is 1.58. The maximum atomic E-state index is 4.98. The van der Waals surface area contributed by atoms with Gasteiger partial charge in [-0.15, -0.1) is 0 Å². The van der Waals surface area contributed by atoms with Crippen molar-refractivity contribution in [3.8, 4) is 0 Å². The van der Waals surface area contributed by atoms with E-state index in [9.17, 15) is 0 Å². The van der Waals surface area contributed by atoms with Crippen LogP contribution in [-0.4, -0.2) is 30.9 Å². The molecule has 0 radical (unpaired) electrons. The summed E-state index contributed by atoms with van der Waals surface area (Å²) in [5, 5.41) is 6.92. The molecule has 1 aliphatic rings. The fourth-order valence-corrected chi connectivity index (χ4v) is 1.35. The Labute approximate surface area is 66.1 Å². The Morgan fingerprint density at radius 1 is 1.60 bits per heavy atom. The normalized spacial score (nSPS) is 31.6. The van der Waals surface area contributed by atoms with Gasteiger partial charge in [0.05, 0.1) is 12.6 Å². The maximum Gasteiger partial charge on any atom is 0.166 e. The molecule has 0 aromatic heterocycles. The molecule has 0 aromatic carbocycles. The molecule has 0 saturated carbocycles. The van der Waals surface area contributed by atoms with E-state index in [0.717, 1.165) is 5.11 Å². The van der Waals surface area contributed by atoms with Gasteiger partial charge in [-0.1, -0.05) is 0 Å². The second kappa shape index (κ2) is 3.16. The highest BCUT2D eigenvalue weighted by atomic mass is 32.1. The second-order valence-corrected chi connectivity index (χ2v) is 2.88. The van der Waals surface area contributed by atoms with E-state index in [1.165, 1.54) is 0 Å². The lowest BCUT2D eigenvalue weighted by Crippen LogP contribution is -2.34. The summed E-state index contributed by atoms with van der Waals surface area (Å²) in [6, 6.07) is 0.713. The predicted octanol–water partition coefficient (Wildman–Crippen LogP) is -0.132. The molecule has 10 heavy (non-hydrogen) atoms. The van der Waals surface area contributed by atoms with E-state index in [4.69, 9.17) is 17.0 Å². The highest BCUT2D eigenvalue weighted by Gasteiger charge is 2.24. The van der Waals surface area contributed by atoms with Crippen LogP contribution in [0.5, 0.6) is 0 Å². The lowest BCUT2D eigenvalue weighted by Gasteiger charge is -2.12. The quantitative estimate of drug-likeness (QED) is 0.551. The van der Waals surface area contributed by atoms with Gasteiger partial charge >= 0.3 is 0 Å². The Kier molecular flexibility index (Phi) is 2.45. The molecule has 0 unspecified atom stereocenters. The zero-order chi connectivity index (χ0) is 7.56. The van der Waals surface area contributed by atoms with E-state index < -0.39 is 0 Å². The molecule has 0 aromatic rings. The van der Waals surface area contributed by atoms with E-state index in [2.05, 4.69) is 17.6 Å². The minimum absolute atomic E-state index is 0.331. The average Bonchev–Trinajstić information content (AvgIpc) is 2.13. The first kappa shape index (κ1) is 7.75.